The Balaban J connectivity index is 2.01. The van der Waals surface area contributed by atoms with Gasteiger partial charge in [-0.3, -0.25) is 0 Å². The lowest BCUT2D eigenvalue weighted by molar-refractivity contribution is 0.188. The van der Waals surface area contributed by atoms with E-state index >= 15 is 0 Å². The van der Waals surface area contributed by atoms with E-state index in [4.69, 9.17) is 0 Å². The quantitative estimate of drug-likeness (QED) is 0.514. The van der Waals surface area contributed by atoms with Crippen molar-refractivity contribution in [2.45, 2.75) is 39.3 Å². The Morgan fingerprint density at radius 3 is 2.66 bits per heavy atom. The maximum Gasteiger partial charge on any atom is 0.223 e. The van der Waals surface area contributed by atoms with E-state index in [-0.39, 0.29) is 6.04 Å². The van der Waals surface area contributed by atoms with Crippen LogP contribution in [0.5, 0.6) is 0 Å². The number of anilines is 2. The molecule has 2 aromatic heterocycles. The van der Waals surface area contributed by atoms with Gasteiger partial charge in [-0.2, -0.15) is 5.26 Å². The fourth-order valence-corrected chi connectivity index (χ4v) is 3.62. The van der Waals surface area contributed by atoms with E-state index < -0.39 is 6.10 Å². The summed E-state index contributed by atoms with van der Waals surface area (Å²) in [6, 6.07) is 11.8. The molecule has 3 N–H and O–H groups in total. The normalized spacial score (nSPS) is 11.9. The largest absolute Gasteiger partial charge is 0.393 e. The minimum absolute atomic E-state index is 0.287. The van der Waals surface area contributed by atoms with Crippen LogP contribution in [-0.4, -0.2) is 38.7 Å². The third-order valence-electron chi connectivity index (χ3n) is 4.07. The molecule has 7 nitrogen and oxygen atoms in total. The van der Waals surface area contributed by atoms with Gasteiger partial charge in [0.1, 0.15) is 0 Å². The summed E-state index contributed by atoms with van der Waals surface area (Å²) in [5, 5.41) is 26.3. The highest BCUT2D eigenvalue weighted by Gasteiger charge is 2.14. The van der Waals surface area contributed by atoms with Crippen LogP contribution < -0.4 is 10.6 Å². The molecular formula is C21H24N6OS. The fourth-order valence-electron chi connectivity index (χ4n) is 2.69. The molecule has 0 aliphatic heterocycles. The SMILES string of the molecule is CC(O)CCNc1nc(-c2cnc(NC(C)C)s2)cc(-c2ccccc2C#N)n1. The Morgan fingerprint density at radius 2 is 1.93 bits per heavy atom. The van der Waals surface area contributed by atoms with Crippen LogP contribution in [0.25, 0.3) is 21.8 Å². The number of nitriles is 1. The second-order valence-electron chi connectivity index (χ2n) is 7.01. The predicted octanol–water partition coefficient (Wildman–Crippen LogP) is 4.14. The van der Waals surface area contributed by atoms with Gasteiger partial charge in [0, 0.05) is 24.3 Å². The number of nitrogens with zero attached hydrogens (tertiary/aromatic N) is 4. The summed E-state index contributed by atoms with van der Waals surface area (Å²) in [6.45, 7) is 6.41. The number of aromatic nitrogens is 3. The van der Waals surface area contributed by atoms with E-state index in [1.54, 1.807) is 19.2 Å². The van der Waals surface area contributed by atoms with Crippen molar-refractivity contribution in [3.8, 4) is 27.9 Å². The maximum atomic E-state index is 9.51. The van der Waals surface area contributed by atoms with Crippen molar-refractivity contribution in [3.63, 3.8) is 0 Å². The first-order valence-corrected chi connectivity index (χ1v) is 10.3. The van der Waals surface area contributed by atoms with Crippen LogP contribution in [-0.2, 0) is 0 Å². The number of hydrogen-bond acceptors (Lipinski definition) is 8. The molecule has 0 radical (unpaired) electrons. The molecule has 1 aromatic carbocycles. The average Bonchev–Trinajstić information content (AvgIpc) is 3.15. The van der Waals surface area contributed by atoms with Gasteiger partial charge in [-0.25, -0.2) is 15.0 Å². The number of rotatable bonds is 8. The second-order valence-corrected chi connectivity index (χ2v) is 8.04. The maximum absolute atomic E-state index is 9.51. The van der Waals surface area contributed by atoms with Crippen LogP contribution >= 0.6 is 11.3 Å². The number of nitrogens with one attached hydrogen (secondary N) is 2. The highest BCUT2D eigenvalue weighted by Crippen LogP contribution is 2.32. The number of aliphatic hydroxyl groups is 1. The number of hydrogen-bond donors (Lipinski definition) is 3. The minimum Gasteiger partial charge on any atom is -0.393 e. The molecular weight excluding hydrogens is 384 g/mol. The standard InChI is InChI=1S/C21H24N6OS/c1-13(2)25-21-24-12-19(29-21)18-10-17(16-7-5-4-6-15(16)11-22)26-20(27-18)23-9-8-14(3)28/h4-7,10,12-14,28H,8-9H2,1-3H3,(H,24,25)(H,23,26,27). The van der Waals surface area contributed by atoms with Gasteiger partial charge in [0.05, 0.1) is 34.0 Å². The monoisotopic (exact) mass is 408 g/mol. The molecule has 29 heavy (non-hydrogen) atoms. The van der Waals surface area contributed by atoms with Crippen LogP contribution in [0.2, 0.25) is 0 Å². The average molecular weight is 409 g/mol. The first-order chi connectivity index (χ1) is 14.0. The summed E-state index contributed by atoms with van der Waals surface area (Å²) < 4.78 is 0. The fraction of sp³-hybridized carbons (Fsp3) is 0.333. The van der Waals surface area contributed by atoms with E-state index in [2.05, 4.69) is 45.5 Å². The first-order valence-electron chi connectivity index (χ1n) is 9.49. The Labute approximate surface area is 174 Å². The molecule has 3 rings (SSSR count). The molecule has 1 atom stereocenters. The van der Waals surface area contributed by atoms with Crippen molar-refractivity contribution in [3.05, 3.63) is 42.1 Å². The van der Waals surface area contributed by atoms with Crippen molar-refractivity contribution in [2.75, 3.05) is 17.2 Å². The summed E-state index contributed by atoms with van der Waals surface area (Å²) in [6.07, 6.45) is 1.97. The summed E-state index contributed by atoms with van der Waals surface area (Å²) in [4.78, 5) is 14.6. The Kier molecular flexibility index (Phi) is 6.75. The van der Waals surface area contributed by atoms with Crippen molar-refractivity contribution in [1.29, 1.82) is 5.26 Å². The Morgan fingerprint density at radius 1 is 1.17 bits per heavy atom. The molecule has 0 fully saturated rings. The zero-order valence-corrected chi connectivity index (χ0v) is 17.5. The molecule has 0 saturated carbocycles. The van der Waals surface area contributed by atoms with Crippen molar-refractivity contribution < 1.29 is 5.11 Å². The molecule has 0 saturated heterocycles. The van der Waals surface area contributed by atoms with E-state index in [9.17, 15) is 10.4 Å². The van der Waals surface area contributed by atoms with Crippen LogP contribution in [0.1, 0.15) is 32.8 Å². The number of benzene rings is 1. The first kappa shape index (κ1) is 20.7. The topological polar surface area (TPSA) is 107 Å². The zero-order chi connectivity index (χ0) is 20.8. The molecule has 8 heteroatoms. The lowest BCUT2D eigenvalue weighted by Crippen LogP contribution is -2.12. The van der Waals surface area contributed by atoms with E-state index in [1.807, 2.05) is 24.3 Å². The summed E-state index contributed by atoms with van der Waals surface area (Å²) >= 11 is 1.52. The Bertz CT molecular complexity index is 1010. The van der Waals surface area contributed by atoms with Crippen LogP contribution in [0, 0.1) is 11.3 Å². The van der Waals surface area contributed by atoms with E-state index in [1.165, 1.54) is 11.3 Å². The summed E-state index contributed by atoms with van der Waals surface area (Å²) in [5.74, 6) is 0.456. The number of aliphatic hydroxyl groups excluding tert-OH is 1. The van der Waals surface area contributed by atoms with E-state index in [0.717, 1.165) is 21.3 Å². The molecule has 0 bridgehead atoms. The van der Waals surface area contributed by atoms with Gasteiger partial charge in [0.15, 0.2) is 5.13 Å². The van der Waals surface area contributed by atoms with Crippen LogP contribution in [0.15, 0.2) is 36.5 Å². The van der Waals surface area contributed by atoms with Gasteiger partial charge in [-0.05, 0) is 39.3 Å². The third kappa shape index (κ3) is 5.50. The van der Waals surface area contributed by atoms with Crippen molar-refractivity contribution >= 4 is 22.4 Å². The van der Waals surface area contributed by atoms with E-state index in [0.29, 0.717) is 30.2 Å². The smallest absolute Gasteiger partial charge is 0.223 e. The third-order valence-corrected chi connectivity index (χ3v) is 5.02. The van der Waals surface area contributed by atoms with Crippen molar-refractivity contribution in [1.82, 2.24) is 15.0 Å². The van der Waals surface area contributed by atoms with Crippen LogP contribution in [0.4, 0.5) is 11.1 Å². The minimum atomic E-state index is -0.407. The van der Waals surface area contributed by atoms with Gasteiger partial charge in [-0.1, -0.05) is 29.5 Å². The summed E-state index contributed by atoms with van der Waals surface area (Å²) in [5.41, 5.74) is 2.70. The molecule has 2 heterocycles. The molecule has 3 aromatic rings. The molecule has 0 aliphatic carbocycles. The second kappa shape index (κ2) is 9.45. The van der Waals surface area contributed by atoms with Gasteiger partial charge < -0.3 is 15.7 Å². The highest BCUT2D eigenvalue weighted by molar-refractivity contribution is 7.18. The lowest BCUT2D eigenvalue weighted by atomic mass is 10.0. The highest BCUT2D eigenvalue weighted by atomic mass is 32.1. The van der Waals surface area contributed by atoms with Crippen molar-refractivity contribution in [2.24, 2.45) is 0 Å². The predicted molar refractivity (Wildman–Crippen MR) is 117 cm³/mol. The Hall–Kier alpha value is -3.02. The molecule has 0 amide bonds. The molecule has 0 spiro atoms. The number of thiazole rings is 1. The zero-order valence-electron chi connectivity index (χ0n) is 16.7. The molecule has 1 unspecified atom stereocenters. The van der Waals surface area contributed by atoms with Gasteiger partial charge in [-0.15, -0.1) is 0 Å². The van der Waals surface area contributed by atoms with Gasteiger partial charge in [0.25, 0.3) is 0 Å². The molecule has 150 valence electrons. The molecule has 0 aliphatic rings. The lowest BCUT2D eigenvalue weighted by Gasteiger charge is -2.11. The van der Waals surface area contributed by atoms with Gasteiger partial charge in [0.2, 0.25) is 5.95 Å². The van der Waals surface area contributed by atoms with Crippen LogP contribution in [0.3, 0.4) is 0 Å². The summed E-state index contributed by atoms with van der Waals surface area (Å²) in [7, 11) is 0. The van der Waals surface area contributed by atoms with Gasteiger partial charge >= 0.3 is 0 Å².